The minimum atomic E-state index is -1.04. The van der Waals surface area contributed by atoms with Gasteiger partial charge in [0.2, 0.25) is 6.04 Å². The van der Waals surface area contributed by atoms with Gasteiger partial charge in [-0.1, -0.05) is 35.0 Å². The van der Waals surface area contributed by atoms with Gasteiger partial charge in [0.15, 0.2) is 0 Å². The third-order valence-corrected chi connectivity index (χ3v) is 2.79. The number of rotatable bonds is 4. The smallest absolute Gasteiger partial charge is 0.242 e. The lowest BCUT2D eigenvalue weighted by Crippen LogP contribution is -2.26. The molecule has 2 atom stereocenters. The average molecular weight is 274 g/mol. The number of aliphatic hydroxyl groups excluding tert-OH is 1. The van der Waals surface area contributed by atoms with E-state index < -0.39 is 17.1 Å². The predicted molar refractivity (Wildman–Crippen MR) is 60.2 cm³/mol. The Morgan fingerprint density at radius 2 is 2.00 bits per heavy atom. The molecule has 0 aliphatic heterocycles. The van der Waals surface area contributed by atoms with Gasteiger partial charge in [0.05, 0.1) is 0 Å². The zero-order chi connectivity index (χ0) is 11.4. The quantitative estimate of drug-likeness (QED) is 0.677. The lowest BCUT2D eigenvalue weighted by atomic mass is 10.0. The van der Waals surface area contributed by atoms with Crippen molar-refractivity contribution >= 4 is 15.9 Å². The topological polar surface area (TPSA) is 63.4 Å². The summed E-state index contributed by atoms with van der Waals surface area (Å²) in [6, 6.07) is 5.93. The molecular weight excluding hydrogens is 262 g/mol. The van der Waals surface area contributed by atoms with E-state index in [2.05, 4.69) is 15.9 Å². The molecule has 0 heterocycles. The summed E-state index contributed by atoms with van der Waals surface area (Å²) in [5, 5.41) is 20.4. The van der Waals surface area contributed by atoms with Crippen LogP contribution < -0.4 is 0 Å². The SMILES string of the molecule is CC[C@@H]([C@H](O)c1ccc(Br)cc1)[N+](=O)[O-]. The standard InChI is InChI=1S/C10H12BrNO3/c1-2-9(12(14)15)10(13)7-3-5-8(11)6-4-7/h3-6,9-10,13H,2H2,1H3/t9-,10+/m0/s1. The Hall–Kier alpha value is -0.940. The Morgan fingerprint density at radius 1 is 1.47 bits per heavy atom. The summed E-state index contributed by atoms with van der Waals surface area (Å²) in [7, 11) is 0. The fourth-order valence-corrected chi connectivity index (χ4v) is 1.63. The molecule has 4 nitrogen and oxygen atoms in total. The highest BCUT2D eigenvalue weighted by Crippen LogP contribution is 2.22. The maximum atomic E-state index is 10.6. The van der Waals surface area contributed by atoms with Gasteiger partial charge >= 0.3 is 0 Å². The molecule has 0 aliphatic carbocycles. The van der Waals surface area contributed by atoms with E-state index in [4.69, 9.17) is 0 Å². The van der Waals surface area contributed by atoms with Crippen LogP contribution in [0.15, 0.2) is 28.7 Å². The number of aliphatic hydroxyl groups is 1. The summed E-state index contributed by atoms with van der Waals surface area (Å²) in [5.41, 5.74) is 0.571. The van der Waals surface area contributed by atoms with Gasteiger partial charge in [-0.25, -0.2) is 0 Å². The molecule has 0 aromatic heterocycles. The first-order valence-corrected chi connectivity index (χ1v) is 5.42. The molecule has 15 heavy (non-hydrogen) atoms. The van der Waals surface area contributed by atoms with Gasteiger partial charge in [-0.05, 0) is 17.7 Å². The molecule has 0 radical (unpaired) electrons. The van der Waals surface area contributed by atoms with Crippen molar-refractivity contribution in [2.45, 2.75) is 25.5 Å². The monoisotopic (exact) mass is 273 g/mol. The van der Waals surface area contributed by atoms with Crippen molar-refractivity contribution in [2.24, 2.45) is 0 Å². The summed E-state index contributed by atoms with van der Waals surface area (Å²) in [6.45, 7) is 1.69. The lowest BCUT2D eigenvalue weighted by Gasteiger charge is -2.14. The van der Waals surface area contributed by atoms with Crippen LogP contribution in [0.25, 0.3) is 0 Å². The summed E-state index contributed by atoms with van der Waals surface area (Å²) in [5.74, 6) is 0. The van der Waals surface area contributed by atoms with Crippen molar-refractivity contribution in [3.05, 3.63) is 44.4 Å². The molecule has 0 aliphatic rings. The minimum Gasteiger partial charge on any atom is -0.381 e. The molecule has 1 N–H and O–H groups in total. The number of hydrogen-bond donors (Lipinski definition) is 1. The van der Waals surface area contributed by atoms with Gasteiger partial charge in [0.25, 0.3) is 0 Å². The van der Waals surface area contributed by atoms with Crippen LogP contribution in [0.1, 0.15) is 25.0 Å². The minimum absolute atomic E-state index is 0.310. The number of nitro groups is 1. The Kier molecular flexibility index (Phi) is 4.23. The highest BCUT2D eigenvalue weighted by molar-refractivity contribution is 9.10. The highest BCUT2D eigenvalue weighted by Gasteiger charge is 2.28. The first-order valence-electron chi connectivity index (χ1n) is 4.63. The van der Waals surface area contributed by atoms with Gasteiger partial charge in [-0.3, -0.25) is 10.1 Å². The van der Waals surface area contributed by atoms with Crippen molar-refractivity contribution in [3.63, 3.8) is 0 Å². The molecule has 0 saturated heterocycles. The van der Waals surface area contributed by atoms with Gasteiger partial charge < -0.3 is 5.11 Å². The molecule has 0 unspecified atom stereocenters. The first kappa shape index (κ1) is 12.1. The second-order valence-corrected chi connectivity index (χ2v) is 4.17. The Morgan fingerprint density at radius 3 is 2.40 bits per heavy atom. The summed E-state index contributed by atoms with van der Waals surface area (Å²) >= 11 is 3.26. The zero-order valence-electron chi connectivity index (χ0n) is 8.26. The van der Waals surface area contributed by atoms with Gasteiger partial charge in [-0.15, -0.1) is 0 Å². The third-order valence-electron chi connectivity index (χ3n) is 2.27. The van der Waals surface area contributed by atoms with Crippen LogP contribution in [-0.4, -0.2) is 16.1 Å². The van der Waals surface area contributed by atoms with Gasteiger partial charge in [-0.2, -0.15) is 0 Å². The average Bonchev–Trinajstić information content (AvgIpc) is 2.19. The summed E-state index contributed by atoms with van der Waals surface area (Å²) in [4.78, 5) is 10.2. The van der Waals surface area contributed by atoms with Crippen LogP contribution in [0.2, 0.25) is 0 Å². The van der Waals surface area contributed by atoms with E-state index in [9.17, 15) is 15.2 Å². The van der Waals surface area contributed by atoms with E-state index in [1.807, 2.05) is 0 Å². The molecule has 0 saturated carbocycles. The lowest BCUT2D eigenvalue weighted by molar-refractivity contribution is -0.536. The van der Waals surface area contributed by atoms with E-state index in [1.165, 1.54) is 0 Å². The molecule has 1 aromatic carbocycles. The van der Waals surface area contributed by atoms with Crippen molar-refractivity contribution < 1.29 is 10.0 Å². The second kappa shape index (κ2) is 5.23. The van der Waals surface area contributed by atoms with Crippen LogP contribution in [0, 0.1) is 10.1 Å². The van der Waals surface area contributed by atoms with E-state index in [0.717, 1.165) is 4.47 Å². The number of nitrogens with zero attached hydrogens (tertiary/aromatic N) is 1. The fourth-order valence-electron chi connectivity index (χ4n) is 1.37. The molecule has 0 fully saturated rings. The number of hydrogen-bond acceptors (Lipinski definition) is 3. The Labute approximate surface area is 96.2 Å². The molecule has 0 amide bonds. The third kappa shape index (κ3) is 3.00. The molecule has 1 rings (SSSR count). The molecule has 0 bridgehead atoms. The summed E-state index contributed by atoms with van der Waals surface area (Å²) < 4.78 is 0.882. The Balaban J connectivity index is 2.87. The zero-order valence-corrected chi connectivity index (χ0v) is 9.85. The van der Waals surface area contributed by atoms with E-state index in [-0.39, 0.29) is 0 Å². The van der Waals surface area contributed by atoms with Crippen LogP contribution in [0.5, 0.6) is 0 Å². The number of benzene rings is 1. The van der Waals surface area contributed by atoms with Crippen LogP contribution in [0.3, 0.4) is 0 Å². The Bertz CT molecular complexity index is 339. The van der Waals surface area contributed by atoms with Crippen molar-refractivity contribution in [3.8, 4) is 0 Å². The van der Waals surface area contributed by atoms with Crippen molar-refractivity contribution in [1.82, 2.24) is 0 Å². The van der Waals surface area contributed by atoms with Crippen molar-refractivity contribution in [1.29, 1.82) is 0 Å². The van der Waals surface area contributed by atoms with Crippen molar-refractivity contribution in [2.75, 3.05) is 0 Å². The van der Waals surface area contributed by atoms with E-state index in [1.54, 1.807) is 31.2 Å². The highest BCUT2D eigenvalue weighted by atomic mass is 79.9. The van der Waals surface area contributed by atoms with Crippen LogP contribution in [-0.2, 0) is 0 Å². The molecule has 5 heteroatoms. The number of halogens is 1. The van der Waals surface area contributed by atoms with Crippen LogP contribution in [0.4, 0.5) is 0 Å². The maximum absolute atomic E-state index is 10.6. The summed E-state index contributed by atoms with van der Waals surface area (Å²) in [6.07, 6.45) is -0.734. The molecule has 0 spiro atoms. The normalized spacial score (nSPS) is 14.6. The van der Waals surface area contributed by atoms with E-state index in [0.29, 0.717) is 12.0 Å². The molecular formula is C10H12BrNO3. The fraction of sp³-hybridized carbons (Fsp3) is 0.400. The predicted octanol–water partition coefficient (Wildman–Crippen LogP) is 2.54. The van der Waals surface area contributed by atoms with Gasteiger partial charge in [0.1, 0.15) is 6.10 Å². The largest absolute Gasteiger partial charge is 0.381 e. The first-order chi connectivity index (χ1) is 7.06. The molecule has 82 valence electrons. The maximum Gasteiger partial charge on any atom is 0.242 e. The van der Waals surface area contributed by atoms with Gasteiger partial charge in [0, 0.05) is 15.8 Å². The molecule has 1 aromatic rings. The van der Waals surface area contributed by atoms with Crippen LogP contribution >= 0.6 is 15.9 Å². The van der Waals surface area contributed by atoms with E-state index >= 15 is 0 Å². The second-order valence-electron chi connectivity index (χ2n) is 3.26.